The molecule has 29 heavy (non-hydrogen) atoms. The standard InChI is InChI=1S/C21H23N3O5/c1-13(25)22-15-5-4-6-17(8-15)24-12-14(7-20(24)26)21(27)23-16-9-18(28-2)11-19(10-16)29-3/h4-6,8-11,14H,7,12H2,1-3H3,(H,22,25)(H,23,27)/t14-/m1/s1. The number of carbonyl (C=O) groups excluding carboxylic acids is 3. The van der Waals surface area contributed by atoms with Crippen LogP contribution in [0.2, 0.25) is 0 Å². The second-order valence-corrected chi connectivity index (χ2v) is 6.73. The molecule has 0 aliphatic carbocycles. The van der Waals surface area contributed by atoms with E-state index in [0.29, 0.717) is 28.6 Å². The van der Waals surface area contributed by atoms with Crippen LogP contribution in [0.15, 0.2) is 42.5 Å². The monoisotopic (exact) mass is 397 g/mol. The van der Waals surface area contributed by atoms with Gasteiger partial charge in [0.25, 0.3) is 0 Å². The number of amides is 3. The predicted molar refractivity (Wildman–Crippen MR) is 109 cm³/mol. The summed E-state index contributed by atoms with van der Waals surface area (Å²) < 4.78 is 10.4. The normalized spacial score (nSPS) is 15.8. The van der Waals surface area contributed by atoms with Gasteiger partial charge in [0.1, 0.15) is 11.5 Å². The molecular formula is C21H23N3O5. The largest absolute Gasteiger partial charge is 0.497 e. The van der Waals surface area contributed by atoms with E-state index in [4.69, 9.17) is 9.47 Å². The van der Waals surface area contributed by atoms with Gasteiger partial charge in [0.15, 0.2) is 0 Å². The predicted octanol–water partition coefficient (Wildman–Crippen LogP) is 2.65. The molecule has 3 amide bonds. The van der Waals surface area contributed by atoms with Crippen molar-refractivity contribution in [3.8, 4) is 11.5 Å². The Morgan fingerprint density at radius 1 is 1.00 bits per heavy atom. The van der Waals surface area contributed by atoms with E-state index in [2.05, 4.69) is 10.6 Å². The number of ether oxygens (including phenoxy) is 2. The molecule has 8 nitrogen and oxygen atoms in total. The number of carbonyl (C=O) groups is 3. The van der Waals surface area contributed by atoms with Crippen molar-refractivity contribution in [2.75, 3.05) is 36.3 Å². The van der Waals surface area contributed by atoms with Crippen LogP contribution >= 0.6 is 0 Å². The van der Waals surface area contributed by atoms with Crippen LogP contribution in [-0.4, -0.2) is 38.5 Å². The fourth-order valence-corrected chi connectivity index (χ4v) is 3.21. The summed E-state index contributed by atoms with van der Waals surface area (Å²) in [6.45, 7) is 1.68. The first kappa shape index (κ1) is 20.2. The summed E-state index contributed by atoms with van der Waals surface area (Å²) in [7, 11) is 3.06. The van der Waals surface area contributed by atoms with E-state index in [0.717, 1.165) is 0 Å². The molecule has 3 rings (SSSR count). The van der Waals surface area contributed by atoms with Gasteiger partial charge in [0.2, 0.25) is 17.7 Å². The van der Waals surface area contributed by atoms with Gasteiger partial charge in [-0.15, -0.1) is 0 Å². The first-order valence-electron chi connectivity index (χ1n) is 9.11. The molecule has 1 fully saturated rings. The summed E-state index contributed by atoms with van der Waals surface area (Å²) in [5, 5.41) is 5.52. The lowest BCUT2D eigenvalue weighted by Gasteiger charge is -2.18. The van der Waals surface area contributed by atoms with E-state index in [-0.39, 0.29) is 30.7 Å². The smallest absolute Gasteiger partial charge is 0.229 e. The highest BCUT2D eigenvalue weighted by Gasteiger charge is 2.35. The van der Waals surface area contributed by atoms with Crippen LogP contribution in [0, 0.1) is 5.92 Å². The highest BCUT2D eigenvalue weighted by Crippen LogP contribution is 2.30. The number of rotatable bonds is 6. The average Bonchev–Trinajstić information content (AvgIpc) is 3.09. The molecule has 1 aliphatic rings. The summed E-state index contributed by atoms with van der Waals surface area (Å²) in [5.74, 6) is 0.0182. The fourth-order valence-electron chi connectivity index (χ4n) is 3.21. The molecular weight excluding hydrogens is 374 g/mol. The van der Waals surface area contributed by atoms with Crippen LogP contribution < -0.4 is 25.0 Å². The Hall–Kier alpha value is -3.55. The third-order valence-corrected chi connectivity index (χ3v) is 4.59. The maximum absolute atomic E-state index is 12.7. The number of benzene rings is 2. The average molecular weight is 397 g/mol. The van der Waals surface area contributed by atoms with Gasteiger partial charge < -0.3 is 25.0 Å². The zero-order valence-electron chi connectivity index (χ0n) is 16.5. The maximum Gasteiger partial charge on any atom is 0.229 e. The van der Waals surface area contributed by atoms with Crippen LogP contribution in [0.25, 0.3) is 0 Å². The molecule has 0 saturated carbocycles. The number of hydrogen-bond donors (Lipinski definition) is 2. The van der Waals surface area contributed by atoms with Crippen molar-refractivity contribution in [3.63, 3.8) is 0 Å². The molecule has 0 spiro atoms. The Balaban J connectivity index is 1.72. The van der Waals surface area contributed by atoms with Crippen LogP contribution in [0.5, 0.6) is 11.5 Å². The van der Waals surface area contributed by atoms with Crippen molar-refractivity contribution < 1.29 is 23.9 Å². The molecule has 1 heterocycles. The van der Waals surface area contributed by atoms with Crippen molar-refractivity contribution >= 4 is 34.8 Å². The minimum absolute atomic E-state index is 0.108. The molecule has 0 aromatic heterocycles. The summed E-state index contributed by atoms with van der Waals surface area (Å²) in [5.41, 5.74) is 1.77. The van der Waals surface area contributed by atoms with Crippen LogP contribution in [-0.2, 0) is 14.4 Å². The molecule has 1 atom stereocenters. The third kappa shape index (κ3) is 4.84. The van der Waals surface area contributed by atoms with E-state index >= 15 is 0 Å². The van der Waals surface area contributed by atoms with Gasteiger partial charge in [-0.2, -0.15) is 0 Å². The van der Waals surface area contributed by atoms with Gasteiger partial charge in [-0.05, 0) is 18.2 Å². The molecule has 152 valence electrons. The van der Waals surface area contributed by atoms with Crippen LogP contribution in [0.4, 0.5) is 17.1 Å². The molecule has 0 unspecified atom stereocenters. The van der Waals surface area contributed by atoms with Crippen molar-refractivity contribution in [1.29, 1.82) is 0 Å². The molecule has 2 N–H and O–H groups in total. The number of nitrogens with zero attached hydrogens (tertiary/aromatic N) is 1. The lowest BCUT2D eigenvalue weighted by molar-refractivity contribution is -0.122. The molecule has 0 bridgehead atoms. The maximum atomic E-state index is 12.7. The summed E-state index contributed by atoms with van der Waals surface area (Å²) in [4.78, 5) is 38.0. The fraction of sp³-hybridized carbons (Fsp3) is 0.286. The van der Waals surface area contributed by atoms with Gasteiger partial charge in [0.05, 0.1) is 20.1 Å². The van der Waals surface area contributed by atoms with Crippen LogP contribution in [0.3, 0.4) is 0 Å². The number of nitrogens with one attached hydrogen (secondary N) is 2. The van der Waals surface area contributed by atoms with Crippen LogP contribution in [0.1, 0.15) is 13.3 Å². The molecule has 8 heteroatoms. The topological polar surface area (TPSA) is 97.0 Å². The quantitative estimate of drug-likeness (QED) is 0.781. The Morgan fingerprint density at radius 3 is 2.31 bits per heavy atom. The highest BCUT2D eigenvalue weighted by molar-refractivity contribution is 6.04. The second kappa shape index (κ2) is 8.64. The van der Waals surface area contributed by atoms with Gasteiger partial charge in [-0.25, -0.2) is 0 Å². The minimum Gasteiger partial charge on any atom is -0.497 e. The van der Waals surface area contributed by atoms with Crippen molar-refractivity contribution in [2.24, 2.45) is 5.92 Å². The third-order valence-electron chi connectivity index (χ3n) is 4.59. The number of hydrogen-bond acceptors (Lipinski definition) is 5. The van der Waals surface area contributed by atoms with E-state index in [9.17, 15) is 14.4 Å². The van der Waals surface area contributed by atoms with E-state index in [1.165, 1.54) is 21.1 Å². The molecule has 1 aliphatic heterocycles. The zero-order valence-corrected chi connectivity index (χ0v) is 16.5. The summed E-state index contributed by atoms with van der Waals surface area (Å²) >= 11 is 0. The van der Waals surface area contributed by atoms with E-state index < -0.39 is 5.92 Å². The molecule has 0 radical (unpaired) electrons. The SMILES string of the molecule is COc1cc(NC(=O)[C@@H]2CC(=O)N(c3cccc(NC(C)=O)c3)C2)cc(OC)c1. The van der Waals surface area contributed by atoms with Gasteiger partial charge in [0, 0.05) is 55.2 Å². The molecule has 2 aromatic carbocycles. The van der Waals surface area contributed by atoms with Crippen molar-refractivity contribution in [2.45, 2.75) is 13.3 Å². The molecule has 2 aromatic rings. The first-order valence-corrected chi connectivity index (χ1v) is 9.11. The van der Waals surface area contributed by atoms with E-state index in [1.54, 1.807) is 47.4 Å². The van der Waals surface area contributed by atoms with Gasteiger partial charge in [-0.1, -0.05) is 6.07 Å². The minimum atomic E-state index is -0.496. The van der Waals surface area contributed by atoms with E-state index in [1.807, 2.05) is 0 Å². The first-order chi connectivity index (χ1) is 13.9. The van der Waals surface area contributed by atoms with Gasteiger partial charge >= 0.3 is 0 Å². The zero-order chi connectivity index (χ0) is 21.0. The van der Waals surface area contributed by atoms with Crippen molar-refractivity contribution in [3.05, 3.63) is 42.5 Å². The lowest BCUT2D eigenvalue weighted by Crippen LogP contribution is -2.28. The Labute approximate surface area is 168 Å². The number of methoxy groups -OCH3 is 2. The Morgan fingerprint density at radius 2 is 1.69 bits per heavy atom. The second-order valence-electron chi connectivity index (χ2n) is 6.73. The summed E-state index contributed by atoms with van der Waals surface area (Å²) in [6, 6.07) is 12.1. The summed E-state index contributed by atoms with van der Waals surface area (Å²) in [6.07, 6.45) is 0.108. The number of anilines is 3. The Bertz CT molecular complexity index is 921. The van der Waals surface area contributed by atoms with Crippen molar-refractivity contribution in [1.82, 2.24) is 0 Å². The highest BCUT2D eigenvalue weighted by atomic mass is 16.5. The molecule has 1 saturated heterocycles. The van der Waals surface area contributed by atoms with Gasteiger partial charge in [-0.3, -0.25) is 14.4 Å². The Kier molecular flexibility index (Phi) is 6.01. The lowest BCUT2D eigenvalue weighted by atomic mass is 10.1.